The highest BCUT2D eigenvalue weighted by atomic mass is 16.5. The fourth-order valence-corrected chi connectivity index (χ4v) is 2.63. The molecule has 0 atom stereocenters. The molecule has 5 nitrogen and oxygen atoms in total. The van der Waals surface area contributed by atoms with Gasteiger partial charge in [-0.25, -0.2) is 0 Å². The summed E-state index contributed by atoms with van der Waals surface area (Å²) in [4.78, 5) is 4.48. The van der Waals surface area contributed by atoms with Gasteiger partial charge in [-0.2, -0.15) is 4.98 Å². The highest BCUT2D eigenvalue weighted by Crippen LogP contribution is 2.35. The highest BCUT2D eigenvalue weighted by molar-refractivity contribution is 5.64. The molecule has 1 aliphatic carbocycles. The van der Waals surface area contributed by atoms with Crippen LogP contribution in [0.3, 0.4) is 0 Å². The number of hydrogen-bond acceptors (Lipinski definition) is 5. The fraction of sp³-hybridized carbons (Fsp3) is 0.429. The lowest BCUT2D eigenvalue weighted by Gasteiger charge is -2.17. The van der Waals surface area contributed by atoms with E-state index in [0.717, 1.165) is 36.8 Å². The van der Waals surface area contributed by atoms with Crippen molar-refractivity contribution in [3.63, 3.8) is 0 Å². The smallest absolute Gasteiger partial charge is 0.258 e. The van der Waals surface area contributed by atoms with Gasteiger partial charge in [0.2, 0.25) is 0 Å². The zero-order valence-corrected chi connectivity index (χ0v) is 11.0. The maximum atomic E-state index is 6.33. The van der Waals surface area contributed by atoms with Gasteiger partial charge in [-0.05, 0) is 37.5 Å². The molecule has 100 valence electrons. The molecule has 1 saturated carbocycles. The quantitative estimate of drug-likeness (QED) is 0.807. The third kappa shape index (κ3) is 2.10. The SMILES string of the molecule is Cc1ccc(N)cc1-c1nc(C2(N)CCCC2)no1. The topological polar surface area (TPSA) is 91.0 Å². The lowest BCUT2D eigenvalue weighted by atomic mass is 9.98. The van der Waals surface area contributed by atoms with Crippen molar-refractivity contribution in [3.05, 3.63) is 29.6 Å². The molecule has 1 fully saturated rings. The van der Waals surface area contributed by atoms with Crippen molar-refractivity contribution in [3.8, 4) is 11.5 Å². The summed E-state index contributed by atoms with van der Waals surface area (Å²) >= 11 is 0. The number of aryl methyl sites for hydroxylation is 1. The van der Waals surface area contributed by atoms with Crippen molar-refractivity contribution in [1.82, 2.24) is 10.1 Å². The van der Waals surface area contributed by atoms with Crippen LogP contribution >= 0.6 is 0 Å². The number of rotatable bonds is 2. The summed E-state index contributed by atoms with van der Waals surface area (Å²) in [6.45, 7) is 1.99. The second kappa shape index (κ2) is 4.35. The van der Waals surface area contributed by atoms with Crippen LogP contribution in [-0.2, 0) is 5.54 Å². The molecule has 5 heteroatoms. The summed E-state index contributed by atoms with van der Waals surface area (Å²) in [7, 11) is 0. The summed E-state index contributed by atoms with van der Waals surface area (Å²) in [6, 6.07) is 5.66. The summed E-state index contributed by atoms with van der Waals surface area (Å²) in [5.41, 5.74) is 14.3. The molecule has 3 rings (SSSR count). The van der Waals surface area contributed by atoms with Crippen molar-refractivity contribution in [2.24, 2.45) is 5.73 Å². The summed E-state index contributed by atoms with van der Waals surface area (Å²) in [5.74, 6) is 1.11. The van der Waals surface area contributed by atoms with Crippen LogP contribution in [0, 0.1) is 6.92 Å². The van der Waals surface area contributed by atoms with Gasteiger partial charge in [0.15, 0.2) is 5.82 Å². The molecule has 0 unspecified atom stereocenters. The Labute approximate surface area is 112 Å². The van der Waals surface area contributed by atoms with Crippen molar-refractivity contribution in [2.75, 3.05) is 5.73 Å². The fourth-order valence-electron chi connectivity index (χ4n) is 2.63. The summed E-state index contributed by atoms with van der Waals surface area (Å²) in [5, 5.41) is 4.07. The molecule has 0 aliphatic heterocycles. The van der Waals surface area contributed by atoms with E-state index in [1.54, 1.807) is 0 Å². The maximum Gasteiger partial charge on any atom is 0.258 e. The van der Waals surface area contributed by atoms with Gasteiger partial charge in [0.05, 0.1) is 5.54 Å². The third-order valence-electron chi connectivity index (χ3n) is 3.86. The Kier molecular flexibility index (Phi) is 2.78. The molecule has 2 aromatic rings. The van der Waals surface area contributed by atoms with Crippen LogP contribution in [0.1, 0.15) is 37.1 Å². The van der Waals surface area contributed by atoms with Gasteiger partial charge >= 0.3 is 0 Å². The zero-order chi connectivity index (χ0) is 13.5. The Balaban J connectivity index is 1.99. The van der Waals surface area contributed by atoms with Gasteiger partial charge in [0.25, 0.3) is 5.89 Å². The maximum absolute atomic E-state index is 6.33. The molecule has 19 heavy (non-hydrogen) atoms. The molecule has 1 aliphatic rings. The predicted molar refractivity (Wildman–Crippen MR) is 73.2 cm³/mol. The van der Waals surface area contributed by atoms with E-state index in [2.05, 4.69) is 10.1 Å². The molecule has 0 bridgehead atoms. The van der Waals surface area contributed by atoms with Crippen LogP contribution in [0.4, 0.5) is 5.69 Å². The van der Waals surface area contributed by atoms with E-state index < -0.39 is 5.54 Å². The molecule has 4 N–H and O–H groups in total. The van der Waals surface area contributed by atoms with Crippen molar-refractivity contribution < 1.29 is 4.52 Å². The Morgan fingerprint density at radius 1 is 1.26 bits per heavy atom. The van der Waals surface area contributed by atoms with Crippen LogP contribution in [0.5, 0.6) is 0 Å². The molecule has 0 radical (unpaired) electrons. The monoisotopic (exact) mass is 258 g/mol. The average molecular weight is 258 g/mol. The van der Waals surface area contributed by atoms with E-state index in [1.807, 2.05) is 25.1 Å². The number of nitrogen functional groups attached to an aromatic ring is 1. The number of aromatic nitrogens is 2. The Morgan fingerprint density at radius 2 is 2.00 bits per heavy atom. The average Bonchev–Trinajstić information content (AvgIpc) is 3.02. The molecular formula is C14H18N4O. The predicted octanol–water partition coefficient (Wildman–Crippen LogP) is 2.36. The Morgan fingerprint density at radius 3 is 2.74 bits per heavy atom. The van der Waals surface area contributed by atoms with Gasteiger partial charge in [-0.3, -0.25) is 0 Å². The van der Waals surface area contributed by atoms with E-state index in [4.69, 9.17) is 16.0 Å². The van der Waals surface area contributed by atoms with E-state index in [9.17, 15) is 0 Å². The van der Waals surface area contributed by atoms with Gasteiger partial charge in [0.1, 0.15) is 0 Å². The third-order valence-corrected chi connectivity index (χ3v) is 3.86. The van der Waals surface area contributed by atoms with Crippen molar-refractivity contribution >= 4 is 5.69 Å². The first-order chi connectivity index (χ1) is 9.08. The number of nitrogens with two attached hydrogens (primary N) is 2. The minimum Gasteiger partial charge on any atom is -0.399 e. The molecule has 0 amide bonds. The Hall–Kier alpha value is -1.88. The van der Waals surface area contributed by atoms with Crippen LogP contribution < -0.4 is 11.5 Å². The zero-order valence-electron chi connectivity index (χ0n) is 11.0. The normalized spacial score (nSPS) is 17.8. The largest absolute Gasteiger partial charge is 0.399 e. The van der Waals surface area contributed by atoms with Gasteiger partial charge in [-0.15, -0.1) is 0 Å². The second-order valence-corrected chi connectivity index (χ2v) is 5.36. The Bertz CT molecular complexity index is 599. The van der Waals surface area contributed by atoms with Gasteiger partial charge in [0, 0.05) is 11.3 Å². The van der Waals surface area contributed by atoms with Gasteiger partial charge < -0.3 is 16.0 Å². The molecule has 1 aromatic carbocycles. The first-order valence-corrected chi connectivity index (χ1v) is 6.58. The van der Waals surface area contributed by atoms with E-state index >= 15 is 0 Å². The molecule has 1 heterocycles. The lowest BCUT2D eigenvalue weighted by molar-refractivity contribution is 0.372. The summed E-state index contributed by atoms with van der Waals surface area (Å²) < 4.78 is 5.37. The van der Waals surface area contributed by atoms with Crippen LogP contribution in [0.15, 0.2) is 22.7 Å². The van der Waals surface area contributed by atoms with E-state index in [0.29, 0.717) is 17.4 Å². The van der Waals surface area contributed by atoms with Crippen molar-refractivity contribution in [2.45, 2.75) is 38.1 Å². The minimum absolute atomic E-state index is 0.421. The highest BCUT2D eigenvalue weighted by Gasteiger charge is 2.36. The van der Waals surface area contributed by atoms with E-state index in [-0.39, 0.29) is 0 Å². The van der Waals surface area contributed by atoms with Crippen LogP contribution in [0.25, 0.3) is 11.5 Å². The first kappa shape index (κ1) is 12.2. The number of anilines is 1. The number of benzene rings is 1. The van der Waals surface area contributed by atoms with Gasteiger partial charge in [-0.1, -0.05) is 24.1 Å². The molecule has 0 saturated heterocycles. The second-order valence-electron chi connectivity index (χ2n) is 5.36. The van der Waals surface area contributed by atoms with Crippen LogP contribution in [0.2, 0.25) is 0 Å². The lowest BCUT2D eigenvalue weighted by Crippen LogP contribution is -2.34. The van der Waals surface area contributed by atoms with Crippen molar-refractivity contribution in [1.29, 1.82) is 0 Å². The number of hydrogen-bond donors (Lipinski definition) is 2. The first-order valence-electron chi connectivity index (χ1n) is 6.58. The summed E-state index contributed by atoms with van der Waals surface area (Å²) in [6.07, 6.45) is 4.08. The molecule has 1 aromatic heterocycles. The standard InChI is InChI=1S/C14H18N4O/c1-9-4-5-10(15)8-11(9)12-17-13(18-19-12)14(16)6-2-3-7-14/h4-5,8H,2-3,6-7,15-16H2,1H3. The molecular weight excluding hydrogens is 240 g/mol. The van der Waals surface area contributed by atoms with Crippen LogP contribution in [-0.4, -0.2) is 10.1 Å². The molecule has 0 spiro atoms. The minimum atomic E-state index is -0.421. The number of nitrogens with zero attached hydrogens (tertiary/aromatic N) is 2. The van der Waals surface area contributed by atoms with E-state index in [1.165, 1.54) is 0 Å².